The highest BCUT2D eigenvalue weighted by Crippen LogP contribution is 2.27. The molecule has 1 aliphatic rings. The minimum atomic E-state index is -0.194. The molecule has 6 heteroatoms. The highest BCUT2D eigenvalue weighted by Gasteiger charge is 2.20. The highest BCUT2D eigenvalue weighted by molar-refractivity contribution is 6.30. The Hall–Kier alpha value is -2.11. The van der Waals surface area contributed by atoms with Gasteiger partial charge in [0, 0.05) is 36.1 Å². The number of hydrogen-bond acceptors (Lipinski definition) is 4. The van der Waals surface area contributed by atoms with Crippen LogP contribution in [-0.4, -0.2) is 38.9 Å². The van der Waals surface area contributed by atoms with Crippen LogP contribution in [0.5, 0.6) is 0 Å². The Morgan fingerprint density at radius 2 is 1.87 bits per heavy atom. The summed E-state index contributed by atoms with van der Waals surface area (Å²) in [4.78, 5) is 6.76. The summed E-state index contributed by atoms with van der Waals surface area (Å²) in [6, 6.07) is 9.72. The van der Waals surface area contributed by atoms with Gasteiger partial charge in [0.05, 0.1) is 11.8 Å². The number of benzene rings is 1. The van der Waals surface area contributed by atoms with Gasteiger partial charge in [-0.3, -0.25) is 0 Å². The number of piperidine rings is 1. The SMILES string of the molecule is OC1CCN(c2nccn3nc(-c4ccc(Cl)cc4)cc23)CC1. The van der Waals surface area contributed by atoms with Crippen molar-refractivity contribution in [2.24, 2.45) is 0 Å². The van der Waals surface area contributed by atoms with Gasteiger partial charge in [-0.15, -0.1) is 0 Å². The Labute approximate surface area is 139 Å². The number of aliphatic hydroxyl groups excluding tert-OH is 1. The van der Waals surface area contributed by atoms with E-state index in [0.717, 1.165) is 48.5 Å². The van der Waals surface area contributed by atoms with E-state index in [-0.39, 0.29) is 6.10 Å². The molecule has 1 N–H and O–H groups in total. The molecule has 5 nitrogen and oxygen atoms in total. The van der Waals surface area contributed by atoms with Crippen molar-refractivity contribution in [1.82, 2.24) is 14.6 Å². The molecule has 1 aromatic carbocycles. The fourth-order valence-corrected chi connectivity index (χ4v) is 3.12. The zero-order valence-corrected chi connectivity index (χ0v) is 13.3. The van der Waals surface area contributed by atoms with Crippen LogP contribution in [0.4, 0.5) is 5.82 Å². The van der Waals surface area contributed by atoms with Gasteiger partial charge in [-0.05, 0) is 31.0 Å². The first kappa shape index (κ1) is 14.5. The summed E-state index contributed by atoms with van der Waals surface area (Å²) < 4.78 is 1.86. The largest absolute Gasteiger partial charge is 0.393 e. The van der Waals surface area contributed by atoms with Crippen LogP contribution < -0.4 is 4.90 Å². The van der Waals surface area contributed by atoms with Gasteiger partial charge in [-0.25, -0.2) is 9.50 Å². The lowest BCUT2D eigenvalue weighted by molar-refractivity contribution is 0.145. The molecule has 3 heterocycles. The summed E-state index contributed by atoms with van der Waals surface area (Å²) in [6.45, 7) is 1.63. The number of hydrogen-bond donors (Lipinski definition) is 1. The lowest BCUT2D eigenvalue weighted by Gasteiger charge is -2.30. The van der Waals surface area contributed by atoms with Crippen LogP contribution in [0.2, 0.25) is 5.02 Å². The molecule has 23 heavy (non-hydrogen) atoms. The summed E-state index contributed by atoms with van der Waals surface area (Å²) >= 11 is 5.95. The number of fused-ring (bicyclic) bond motifs is 1. The van der Waals surface area contributed by atoms with Crippen molar-refractivity contribution in [3.63, 3.8) is 0 Å². The Morgan fingerprint density at radius 3 is 2.61 bits per heavy atom. The van der Waals surface area contributed by atoms with E-state index in [2.05, 4.69) is 21.0 Å². The molecule has 0 amide bonds. The van der Waals surface area contributed by atoms with Crippen LogP contribution in [0, 0.1) is 0 Å². The summed E-state index contributed by atoms with van der Waals surface area (Å²) in [7, 11) is 0. The zero-order chi connectivity index (χ0) is 15.8. The summed E-state index contributed by atoms with van der Waals surface area (Å²) in [5, 5.41) is 15.0. The van der Waals surface area contributed by atoms with Crippen molar-refractivity contribution < 1.29 is 5.11 Å². The van der Waals surface area contributed by atoms with Gasteiger partial charge in [-0.2, -0.15) is 5.10 Å². The minimum Gasteiger partial charge on any atom is -0.393 e. The number of rotatable bonds is 2. The number of aromatic nitrogens is 3. The Balaban J connectivity index is 1.74. The number of aliphatic hydroxyl groups is 1. The van der Waals surface area contributed by atoms with E-state index in [0.29, 0.717) is 5.02 Å². The first-order chi connectivity index (χ1) is 11.2. The average Bonchev–Trinajstić information content (AvgIpc) is 3.00. The van der Waals surface area contributed by atoms with Crippen molar-refractivity contribution in [3.8, 4) is 11.3 Å². The zero-order valence-electron chi connectivity index (χ0n) is 12.6. The van der Waals surface area contributed by atoms with Gasteiger partial charge < -0.3 is 10.0 Å². The third-order valence-electron chi connectivity index (χ3n) is 4.27. The topological polar surface area (TPSA) is 53.7 Å². The summed E-state index contributed by atoms with van der Waals surface area (Å²) in [6.07, 6.45) is 4.99. The third-order valence-corrected chi connectivity index (χ3v) is 4.53. The lowest BCUT2D eigenvalue weighted by Crippen LogP contribution is -2.36. The summed E-state index contributed by atoms with van der Waals surface area (Å²) in [5.74, 6) is 0.923. The van der Waals surface area contributed by atoms with Crippen molar-refractivity contribution >= 4 is 22.9 Å². The van der Waals surface area contributed by atoms with Gasteiger partial charge in [0.2, 0.25) is 0 Å². The van der Waals surface area contributed by atoms with Crippen LogP contribution >= 0.6 is 11.6 Å². The molecule has 2 aromatic heterocycles. The highest BCUT2D eigenvalue weighted by atomic mass is 35.5. The first-order valence-corrected chi connectivity index (χ1v) is 8.12. The third kappa shape index (κ3) is 2.78. The Kier molecular flexibility index (Phi) is 3.67. The van der Waals surface area contributed by atoms with E-state index < -0.39 is 0 Å². The molecule has 3 aromatic rings. The molecule has 0 bridgehead atoms. The molecule has 118 valence electrons. The molecule has 4 rings (SSSR count). The van der Waals surface area contributed by atoms with E-state index in [1.54, 1.807) is 6.20 Å². The number of nitrogens with zero attached hydrogens (tertiary/aromatic N) is 4. The molecular formula is C17H17ClN4O. The number of halogens is 1. The molecule has 1 saturated heterocycles. The fraction of sp³-hybridized carbons (Fsp3) is 0.294. The fourth-order valence-electron chi connectivity index (χ4n) is 2.99. The molecule has 0 atom stereocenters. The Morgan fingerprint density at radius 1 is 1.13 bits per heavy atom. The smallest absolute Gasteiger partial charge is 0.154 e. The summed E-state index contributed by atoms with van der Waals surface area (Å²) in [5.41, 5.74) is 2.90. The maximum absolute atomic E-state index is 9.69. The minimum absolute atomic E-state index is 0.194. The quantitative estimate of drug-likeness (QED) is 0.785. The van der Waals surface area contributed by atoms with Crippen LogP contribution in [-0.2, 0) is 0 Å². The van der Waals surface area contributed by atoms with Crippen LogP contribution in [0.25, 0.3) is 16.8 Å². The van der Waals surface area contributed by atoms with Crippen molar-refractivity contribution in [1.29, 1.82) is 0 Å². The van der Waals surface area contributed by atoms with Gasteiger partial charge in [0.1, 0.15) is 5.52 Å². The van der Waals surface area contributed by atoms with Gasteiger partial charge in [0.25, 0.3) is 0 Å². The van der Waals surface area contributed by atoms with Gasteiger partial charge >= 0.3 is 0 Å². The van der Waals surface area contributed by atoms with Crippen LogP contribution in [0.3, 0.4) is 0 Å². The molecular weight excluding hydrogens is 312 g/mol. The Bertz CT molecular complexity index is 822. The van der Waals surface area contributed by atoms with Crippen molar-refractivity contribution in [3.05, 3.63) is 47.7 Å². The molecule has 0 spiro atoms. The van der Waals surface area contributed by atoms with Crippen LogP contribution in [0.15, 0.2) is 42.7 Å². The van der Waals surface area contributed by atoms with Gasteiger partial charge in [-0.1, -0.05) is 23.7 Å². The lowest BCUT2D eigenvalue weighted by atomic mass is 10.1. The molecule has 0 saturated carbocycles. The predicted octanol–water partition coefficient (Wildman–Crippen LogP) is 3.01. The standard InChI is InChI=1S/C17H17ClN4O/c18-13-3-1-12(2-4-13)15-11-16-17(19-7-10-22(16)20-15)21-8-5-14(23)6-9-21/h1-4,7,10-11,14,23H,5-6,8-9H2. The average molecular weight is 329 g/mol. The molecule has 0 radical (unpaired) electrons. The molecule has 0 aliphatic carbocycles. The normalized spacial score (nSPS) is 16.2. The van der Waals surface area contributed by atoms with E-state index in [1.165, 1.54) is 0 Å². The monoisotopic (exact) mass is 328 g/mol. The van der Waals surface area contributed by atoms with Crippen LogP contribution in [0.1, 0.15) is 12.8 Å². The van der Waals surface area contributed by atoms with E-state index in [4.69, 9.17) is 11.6 Å². The van der Waals surface area contributed by atoms with E-state index >= 15 is 0 Å². The predicted molar refractivity (Wildman–Crippen MR) is 90.9 cm³/mol. The molecule has 1 aliphatic heterocycles. The number of anilines is 1. The second kappa shape index (κ2) is 5.83. The molecule has 0 unspecified atom stereocenters. The first-order valence-electron chi connectivity index (χ1n) is 7.74. The van der Waals surface area contributed by atoms with E-state index in [1.807, 2.05) is 35.0 Å². The van der Waals surface area contributed by atoms with Crippen molar-refractivity contribution in [2.75, 3.05) is 18.0 Å². The maximum Gasteiger partial charge on any atom is 0.154 e. The van der Waals surface area contributed by atoms with Gasteiger partial charge in [0.15, 0.2) is 5.82 Å². The molecule has 1 fully saturated rings. The second-order valence-electron chi connectivity index (χ2n) is 5.84. The van der Waals surface area contributed by atoms with E-state index in [9.17, 15) is 5.11 Å². The van der Waals surface area contributed by atoms with Crippen molar-refractivity contribution in [2.45, 2.75) is 18.9 Å². The second-order valence-corrected chi connectivity index (χ2v) is 6.27. The maximum atomic E-state index is 9.69.